The van der Waals surface area contributed by atoms with Gasteiger partial charge in [-0.1, -0.05) is 51.5 Å². The van der Waals surface area contributed by atoms with Crippen molar-refractivity contribution in [1.82, 2.24) is 0 Å². The van der Waals surface area contributed by atoms with E-state index in [1.165, 1.54) is 12.0 Å². The minimum atomic E-state index is -0.425. The third-order valence-corrected chi connectivity index (χ3v) is 4.82. The Labute approximate surface area is 123 Å². The molecule has 112 valence electrons. The first-order chi connectivity index (χ1) is 9.47. The second kappa shape index (κ2) is 6.28. The first-order valence-corrected chi connectivity index (χ1v) is 7.94. The molecule has 1 aliphatic rings. The van der Waals surface area contributed by atoms with Crippen molar-refractivity contribution < 1.29 is 5.11 Å². The zero-order chi connectivity index (χ0) is 14.8. The van der Waals surface area contributed by atoms with Crippen molar-refractivity contribution in [2.45, 2.75) is 52.6 Å². The highest BCUT2D eigenvalue weighted by molar-refractivity contribution is 5.26. The van der Waals surface area contributed by atoms with Crippen LogP contribution < -0.4 is 5.73 Å². The number of hydrogen-bond donors (Lipinski definition) is 2. The van der Waals surface area contributed by atoms with Gasteiger partial charge in [0, 0.05) is 12.0 Å². The number of benzene rings is 1. The molecule has 1 aromatic rings. The second-order valence-corrected chi connectivity index (χ2v) is 7.16. The Bertz CT molecular complexity index is 426. The topological polar surface area (TPSA) is 46.2 Å². The fraction of sp³-hybridized carbons (Fsp3) is 0.667. The summed E-state index contributed by atoms with van der Waals surface area (Å²) in [7, 11) is 0. The zero-order valence-electron chi connectivity index (χ0n) is 13.1. The van der Waals surface area contributed by atoms with E-state index in [1.54, 1.807) is 0 Å². The van der Waals surface area contributed by atoms with E-state index in [1.807, 2.05) is 0 Å². The molecule has 3 unspecified atom stereocenters. The smallest absolute Gasteiger partial charge is 0.0858 e. The highest BCUT2D eigenvalue weighted by Crippen LogP contribution is 2.49. The van der Waals surface area contributed by atoms with Crippen LogP contribution >= 0.6 is 0 Å². The fourth-order valence-corrected chi connectivity index (χ4v) is 3.64. The number of aliphatic hydroxyl groups excluding tert-OH is 1. The number of hydrogen-bond acceptors (Lipinski definition) is 2. The third kappa shape index (κ3) is 3.24. The largest absolute Gasteiger partial charge is 0.388 e. The molecule has 20 heavy (non-hydrogen) atoms. The van der Waals surface area contributed by atoms with Gasteiger partial charge in [-0.2, -0.15) is 0 Å². The second-order valence-electron chi connectivity index (χ2n) is 7.16. The first-order valence-electron chi connectivity index (χ1n) is 7.94. The molecule has 0 aliphatic heterocycles. The summed E-state index contributed by atoms with van der Waals surface area (Å²) in [5.74, 6) is 1.34. The van der Waals surface area contributed by atoms with Gasteiger partial charge in [0.05, 0.1) is 6.10 Å². The minimum Gasteiger partial charge on any atom is -0.388 e. The summed E-state index contributed by atoms with van der Waals surface area (Å²) in [5.41, 5.74) is 8.26. The van der Waals surface area contributed by atoms with Crippen LogP contribution in [0.1, 0.15) is 57.3 Å². The average Bonchev–Trinajstić information content (AvgIpc) is 2.81. The van der Waals surface area contributed by atoms with Crippen molar-refractivity contribution in [2.24, 2.45) is 23.0 Å². The fourth-order valence-electron chi connectivity index (χ4n) is 3.64. The van der Waals surface area contributed by atoms with E-state index in [-0.39, 0.29) is 5.41 Å². The predicted molar refractivity (Wildman–Crippen MR) is 84.4 cm³/mol. The lowest BCUT2D eigenvalue weighted by Crippen LogP contribution is -2.34. The molecule has 3 N–H and O–H groups in total. The summed E-state index contributed by atoms with van der Waals surface area (Å²) in [6.07, 6.45) is 3.93. The van der Waals surface area contributed by atoms with E-state index < -0.39 is 6.10 Å². The lowest BCUT2D eigenvalue weighted by molar-refractivity contribution is 0.0308. The highest BCUT2D eigenvalue weighted by Gasteiger charge is 2.42. The van der Waals surface area contributed by atoms with Crippen LogP contribution in [-0.4, -0.2) is 11.7 Å². The Morgan fingerprint density at radius 1 is 1.30 bits per heavy atom. The van der Waals surface area contributed by atoms with Crippen LogP contribution in [-0.2, 0) is 6.42 Å². The van der Waals surface area contributed by atoms with E-state index in [0.29, 0.717) is 18.4 Å². The molecule has 2 rings (SSSR count). The maximum absolute atomic E-state index is 10.8. The lowest BCUT2D eigenvalue weighted by Gasteiger charge is -2.33. The average molecular weight is 275 g/mol. The van der Waals surface area contributed by atoms with Crippen LogP contribution in [0.4, 0.5) is 0 Å². The van der Waals surface area contributed by atoms with E-state index >= 15 is 0 Å². The lowest BCUT2D eigenvalue weighted by atomic mass is 9.76. The Kier molecular flexibility index (Phi) is 4.87. The summed E-state index contributed by atoms with van der Waals surface area (Å²) >= 11 is 0. The summed E-state index contributed by atoms with van der Waals surface area (Å²) in [4.78, 5) is 0. The quantitative estimate of drug-likeness (QED) is 0.861. The van der Waals surface area contributed by atoms with E-state index in [9.17, 15) is 5.11 Å². The molecule has 0 saturated heterocycles. The number of nitrogens with two attached hydrogens (primary N) is 1. The van der Waals surface area contributed by atoms with E-state index in [4.69, 9.17) is 5.73 Å². The maximum Gasteiger partial charge on any atom is 0.0858 e. The molecule has 3 atom stereocenters. The van der Waals surface area contributed by atoms with Crippen molar-refractivity contribution in [3.8, 4) is 0 Å². The van der Waals surface area contributed by atoms with Crippen LogP contribution in [0.3, 0.4) is 0 Å². The SMILES string of the molecule is CC(C)Cc1ccc(C(O)C2(CN)CCC(C)C2)cc1. The molecule has 2 nitrogen and oxygen atoms in total. The van der Waals surface area contributed by atoms with Gasteiger partial charge in [0.2, 0.25) is 0 Å². The molecule has 0 heterocycles. The predicted octanol–water partition coefficient (Wildman–Crippen LogP) is 3.68. The minimum absolute atomic E-state index is 0.112. The normalized spacial score (nSPS) is 28.0. The van der Waals surface area contributed by atoms with Gasteiger partial charge in [-0.05, 0) is 42.2 Å². The van der Waals surface area contributed by atoms with Gasteiger partial charge in [-0.15, -0.1) is 0 Å². The first kappa shape index (κ1) is 15.5. The molecule has 1 aliphatic carbocycles. The van der Waals surface area contributed by atoms with Crippen molar-refractivity contribution in [1.29, 1.82) is 0 Å². The van der Waals surface area contributed by atoms with Gasteiger partial charge in [0.1, 0.15) is 0 Å². The summed E-state index contributed by atoms with van der Waals surface area (Å²) in [6.45, 7) is 7.29. The van der Waals surface area contributed by atoms with Gasteiger partial charge in [-0.25, -0.2) is 0 Å². The van der Waals surface area contributed by atoms with Crippen LogP contribution in [0.15, 0.2) is 24.3 Å². The van der Waals surface area contributed by atoms with Gasteiger partial charge in [-0.3, -0.25) is 0 Å². The molecule has 0 amide bonds. The molecule has 0 aromatic heterocycles. The Balaban J connectivity index is 2.14. The number of rotatable bonds is 5. The standard InChI is InChI=1S/C18H29NO/c1-13(2)10-15-4-6-16(7-5-15)17(20)18(12-19)9-8-14(3)11-18/h4-7,13-14,17,20H,8-12,19H2,1-3H3. The maximum atomic E-state index is 10.8. The van der Waals surface area contributed by atoms with Crippen LogP contribution in [0.2, 0.25) is 0 Å². The van der Waals surface area contributed by atoms with Crippen molar-refractivity contribution in [2.75, 3.05) is 6.54 Å². The molecule has 0 radical (unpaired) electrons. The van der Waals surface area contributed by atoms with Crippen LogP contribution in [0, 0.1) is 17.3 Å². The summed E-state index contributed by atoms with van der Waals surface area (Å²) in [6, 6.07) is 8.48. The molecule has 1 saturated carbocycles. The molecular formula is C18H29NO. The van der Waals surface area contributed by atoms with Crippen LogP contribution in [0.5, 0.6) is 0 Å². The molecular weight excluding hydrogens is 246 g/mol. The van der Waals surface area contributed by atoms with E-state index in [2.05, 4.69) is 45.0 Å². The highest BCUT2D eigenvalue weighted by atomic mass is 16.3. The summed E-state index contributed by atoms with van der Waals surface area (Å²) in [5, 5.41) is 10.8. The third-order valence-electron chi connectivity index (χ3n) is 4.82. The summed E-state index contributed by atoms with van der Waals surface area (Å²) < 4.78 is 0. The number of aliphatic hydroxyl groups is 1. The van der Waals surface area contributed by atoms with Crippen molar-refractivity contribution in [3.05, 3.63) is 35.4 Å². The van der Waals surface area contributed by atoms with Gasteiger partial charge in [0.15, 0.2) is 0 Å². The molecule has 0 spiro atoms. The Hall–Kier alpha value is -0.860. The molecule has 1 fully saturated rings. The Morgan fingerprint density at radius 3 is 2.40 bits per heavy atom. The van der Waals surface area contributed by atoms with Gasteiger partial charge < -0.3 is 10.8 Å². The van der Waals surface area contributed by atoms with Crippen molar-refractivity contribution in [3.63, 3.8) is 0 Å². The van der Waals surface area contributed by atoms with Crippen LogP contribution in [0.25, 0.3) is 0 Å². The molecule has 1 aromatic carbocycles. The van der Waals surface area contributed by atoms with Gasteiger partial charge in [0.25, 0.3) is 0 Å². The monoisotopic (exact) mass is 275 g/mol. The zero-order valence-corrected chi connectivity index (χ0v) is 13.1. The molecule has 2 heteroatoms. The molecule has 0 bridgehead atoms. The van der Waals surface area contributed by atoms with E-state index in [0.717, 1.165) is 24.8 Å². The van der Waals surface area contributed by atoms with Gasteiger partial charge >= 0.3 is 0 Å². The van der Waals surface area contributed by atoms with Crippen molar-refractivity contribution >= 4 is 0 Å². The Morgan fingerprint density at radius 2 is 1.95 bits per heavy atom.